The van der Waals surface area contributed by atoms with Gasteiger partial charge in [-0.15, -0.1) is 0 Å². The zero-order chi connectivity index (χ0) is 22.8. The zero-order valence-corrected chi connectivity index (χ0v) is 21.3. The Balaban J connectivity index is 1.17. The molecule has 0 spiro atoms. The van der Waals surface area contributed by atoms with Gasteiger partial charge in [0.1, 0.15) is 0 Å². The summed E-state index contributed by atoms with van der Waals surface area (Å²) >= 11 is 6.53. The van der Waals surface area contributed by atoms with E-state index in [1.54, 1.807) is 45.3 Å². The van der Waals surface area contributed by atoms with Crippen molar-refractivity contribution in [1.82, 2.24) is 19.9 Å². The third kappa shape index (κ3) is 3.59. The van der Waals surface area contributed by atoms with Crippen molar-refractivity contribution in [3.05, 3.63) is 59.7 Å². The van der Waals surface area contributed by atoms with Crippen molar-refractivity contribution in [1.29, 1.82) is 0 Å². The van der Waals surface area contributed by atoms with Gasteiger partial charge in [0.2, 0.25) is 0 Å². The molecule has 0 unspecified atom stereocenters. The summed E-state index contributed by atoms with van der Waals surface area (Å²) in [5, 5.41) is 10.2. The normalized spacial score (nSPS) is 11.8. The van der Waals surface area contributed by atoms with Crippen LogP contribution in [0.4, 0.5) is 20.5 Å². The lowest BCUT2D eigenvalue weighted by atomic mass is 10.2. The fourth-order valence-electron chi connectivity index (χ4n) is 3.81. The van der Waals surface area contributed by atoms with Gasteiger partial charge in [0.25, 0.3) is 0 Å². The maximum absolute atomic E-state index is 4.80. The van der Waals surface area contributed by atoms with Crippen LogP contribution in [0.5, 0.6) is 0 Å². The van der Waals surface area contributed by atoms with Crippen molar-refractivity contribution in [2.45, 2.75) is 13.8 Å². The first-order valence-electron chi connectivity index (χ1n) is 10.6. The van der Waals surface area contributed by atoms with Gasteiger partial charge < -0.3 is 10.6 Å². The third-order valence-corrected chi connectivity index (χ3v) is 9.15. The number of hydrogen-bond donors (Lipinski definition) is 2. The summed E-state index contributed by atoms with van der Waals surface area (Å²) in [4.78, 5) is 19.0. The van der Waals surface area contributed by atoms with Gasteiger partial charge in [0, 0.05) is 0 Å². The molecule has 0 fully saturated rings. The summed E-state index contributed by atoms with van der Waals surface area (Å²) in [7, 11) is 0. The van der Waals surface area contributed by atoms with Crippen LogP contribution in [0.3, 0.4) is 0 Å². The van der Waals surface area contributed by atoms with Crippen LogP contribution in [0.25, 0.3) is 40.9 Å². The van der Waals surface area contributed by atoms with Crippen molar-refractivity contribution >= 4 is 107 Å². The lowest BCUT2D eigenvalue weighted by molar-refractivity contribution is 1.39. The molecule has 4 heterocycles. The minimum absolute atomic E-state index is 0.839. The Labute approximate surface area is 210 Å². The standard InChI is InChI=1S/C24H16N6S4/c1-11-3-5-13-17(7-11)31-21(25-13)29-23-27-15-9-20-16(10-19(15)33-23)28-24(34-20)30-22-26-14-6-4-12(2)8-18(14)32-22/h3-10H,1-2H3,(H,25,27,29)(H,26,28,30). The molecule has 0 radical (unpaired) electrons. The number of benzene rings is 3. The molecule has 0 amide bonds. The molecule has 10 heteroatoms. The molecular weight excluding hydrogens is 501 g/mol. The molecule has 0 aliphatic rings. The Morgan fingerprint density at radius 2 is 0.824 bits per heavy atom. The van der Waals surface area contributed by atoms with Crippen LogP contribution >= 0.6 is 45.3 Å². The van der Waals surface area contributed by atoms with Crippen LogP contribution in [0.2, 0.25) is 0 Å². The number of rotatable bonds is 4. The smallest absolute Gasteiger partial charge is 0.190 e. The summed E-state index contributed by atoms with van der Waals surface area (Å²) < 4.78 is 4.55. The molecule has 6 nitrogen and oxygen atoms in total. The van der Waals surface area contributed by atoms with E-state index in [9.17, 15) is 0 Å². The Morgan fingerprint density at radius 1 is 0.471 bits per heavy atom. The van der Waals surface area contributed by atoms with E-state index in [4.69, 9.17) is 9.97 Å². The molecule has 3 aromatic carbocycles. The van der Waals surface area contributed by atoms with E-state index in [1.807, 2.05) is 0 Å². The summed E-state index contributed by atoms with van der Waals surface area (Å²) in [5.41, 5.74) is 6.41. The van der Waals surface area contributed by atoms with Gasteiger partial charge in [-0.3, -0.25) is 0 Å². The molecule has 0 atom stereocenters. The van der Waals surface area contributed by atoms with Crippen molar-refractivity contribution < 1.29 is 0 Å². The first kappa shape index (κ1) is 20.2. The van der Waals surface area contributed by atoms with Gasteiger partial charge in [0.05, 0.1) is 40.9 Å². The Kier molecular flexibility index (Phi) is 4.56. The number of nitrogens with zero attached hydrogens (tertiary/aromatic N) is 4. The second kappa shape index (κ2) is 7.67. The van der Waals surface area contributed by atoms with Crippen molar-refractivity contribution in [2.24, 2.45) is 0 Å². The monoisotopic (exact) mass is 516 g/mol. The number of anilines is 4. The second-order valence-electron chi connectivity index (χ2n) is 8.06. The van der Waals surface area contributed by atoms with Crippen LogP contribution in [0.15, 0.2) is 48.5 Å². The van der Waals surface area contributed by atoms with Gasteiger partial charge in [-0.05, 0) is 61.4 Å². The zero-order valence-electron chi connectivity index (χ0n) is 18.0. The first-order chi connectivity index (χ1) is 16.6. The lowest BCUT2D eigenvalue weighted by Gasteiger charge is -1.94. The number of hydrogen-bond acceptors (Lipinski definition) is 10. The number of nitrogens with one attached hydrogen (secondary N) is 2. The van der Waals surface area contributed by atoms with Crippen molar-refractivity contribution in [2.75, 3.05) is 10.6 Å². The number of thiazole rings is 4. The third-order valence-electron chi connectivity index (χ3n) is 5.41. The minimum atomic E-state index is 0.839. The molecule has 0 aliphatic heterocycles. The highest BCUT2D eigenvalue weighted by molar-refractivity contribution is 7.25. The van der Waals surface area contributed by atoms with E-state index in [2.05, 4.69) is 83.0 Å². The van der Waals surface area contributed by atoms with Gasteiger partial charge in [0.15, 0.2) is 20.5 Å². The number of aromatic nitrogens is 4. The fourth-order valence-corrected chi connectivity index (χ4v) is 7.62. The van der Waals surface area contributed by atoms with Gasteiger partial charge in [-0.25, -0.2) is 19.9 Å². The molecule has 34 heavy (non-hydrogen) atoms. The highest BCUT2D eigenvalue weighted by Gasteiger charge is 2.13. The SMILES string of the molecule is Cc1ccc2nc(Nc3nc4cc5sc(Nc6nc7ccc(C)cc7s6)nc5cc4s3)sc2c1. The molecule has 7 rings (SSSR count). The van der Waals surface area contributed by atoms with Crippen LogP contribution < -0.4 is 10.6 Å². The Morgan fingerprint density at radius 3 is 1.24 bits per heavy atom. The largest absolute Gasteiger partial charge is 0.307 e. The highest BCUT2D eigenvalue weighted by Crippen LogP contribution is 2.37. The average Bonchev–Trinajstić information content (AvgIpc) is 3.55. The quantitative estimate of drug-likeness (QED) is 0.245. The maximum atomic E-state index is 4.80. The van der Waals surface area contributed by atoms with Gasteiger partial charge >= 0.3 is 0 Å². The van der Waals surface area contributed by atoms with E-state index in [0.29, 0.717) is 0 Å². The predicted octanol–water partition coefficient (Wildman–Crippen LogP) is 8.23. The lowest BCUT2D eigenvalue weighted by Crippen LogP contribution is -1.87. The molecule has 0 saturated heterocycles. The first-order valence-corrected chi connectivity index (χ1v) is 13.8. The summed E-state index contributed by atoms with van der Waals surface area (Å²) in [6, 6.07) is 16.8. The fraction of sp³-hybridized carbons (Fsp3) is 0.0833. The maximum Gasteiger partial charge on any atom is 0.190 e. The topological polar surface area (TPSA) is 75.6 Å². The van der Waals surface area contributed by atoms with Crippen LogP contribution in [-0.2, 0) is 0 Å². The van der Waals surface area contributed by atoms with E-state index in [-0.39, 0.29) is 0 Å². The van der Waals surface area contributed by atoms with Gasteiger partial charge in [-0.2, -0.15) is 0 Å². The second-order valence-corrected chi connectivity index (χ2v) is 12.2. The summed E-state index contributed by atoms with van der Waals surface area (Å²) in [6.45, 7) is 4.20. The minimum Gasteiger partial charge on any atom is -0.307 e. The molecule has 0 saturated carbocycles. The molecule has 166 valence electrons. The highest BCUT2D eigenvalue weighted by atomic mass is 32.1. The van der Waals surface area contributed by atoms with E-state index < -0.39 is 0 Å². The molecule has 0 bridgehead atoms. The van der Waals surface area contributed by atoms with Gasteiger partial charge in [-0.1, -0.05) is 57.5 Å². The van der Waals surface area contributed by atoms with Crippen molar-refractivity contribution in [3.63, 3.8) is 0 Å². The van der Waals surface area contributed by atoms with E-state index >= 15 is 0 Å². The van der Waals surface area contributed by atoms with Crippen LogP contribution in [0, 0.1) is 13.8 Å². The van der Waals surface area contributed by atoms with E-state index in [0.717, 1.165) is 52.0 Å². The summed E-state index contributed by atoms with van der Waals surface area (Å²) in [6.07, 6.45) is 0. The molecule has 2 N–H and O–H groups in total. The molecule has 7 aromatic rings. The number of fused-ring (bicyclic) bond motifs is 4. The average molecular weight is 517 g/mol. The number of aryl methyl sites for hydroxylation is 2. The molecule has 0 aliphatic carbocycles. The Bertz CT molecular complexity index is 1680. The molecule has 4 aromatic heterocycles. The van der Waals surface area contributed by atoms with Crippen molar-refractivity contribution in [3.8, 4) is 0 Å². The predicted molar refractivity (Wildman–Crippen MR) is 148 cm³/mol. The van der Waals surface area contributed by atoms with Crippen LogP contribution in [0.1, 0.15) is 11.1 Å². The van der Waals surface area contributed by atoms with E-state index in [1.165, 1.54) is 20.5 Å². The van der Waals surface area contributed by atoms with Crippen LogP contribution in [-0.4, -0.2) is 19.9 Å². The Hall–Kier alpha value is -3.18. The summed E-state index contributed by atoms with van der Waals surface area (Å²) in [5.74, 6) is 0. The molecular formula is C24H16N6S4.